The van der Waals surface area contributed by atoms with Gasteiger partial charge in [0.25, 0.3) is 11.5 Å². The maximum atomic E-state index is 13.0. The van der Waals surface area contributed by atoms with Crippen molar-refractivity contribution in [2.45, 2.75) is 19.3 Å². The minimum Gasteiger partial charge on any atom is -0.493 e. The Kier molecular flexibility index (Phi) is 6.64. The van der Waals surface area contributed by atoms with Gasteiger partial charge in [-0.2, -0.15) is 18.3 Å². The summed E-state index contributed by atoms with van der Waals surface area (Å²) in [6.45, 7) is 0.0827. The van der Waals surface area contributed by atoms with Crippen LogP contribution in [0.5, 0.6) is 5.75 Å². The van der Waals surface area contributed by atoms with Crippen molar-refractivity contribution in [3.05, 3.63) is 98.5 Å². The number of nitrogens with zero attached hydrogens (tertiary/aromatic N) is 4. The Morgan fingerprint density at radius 1 is 1.13 bits per heavy atom. The molecule has 3 aromatic heterocycles. The molecule has 0 aliphatic carbocycles. The van der Waals surface area contributed by atoms with Gasteiger partial charge in [0.15, 0.2) is 17.0 Å². The molecule has 13 heteroatoms. The van der Waals surface area contributed by atoms with Crippen LogP contribution in [0.2, 0.25) is 0 Å². The van der Waals surface area contributed by atoms with Crippen molar-refractivity contribution in [1.29, 1.82) is 0 Å². The average molecular weight is 539 g/mol. The van der Waals surface area contributed by atoms with Gasteiger partial charge in [-0.1, -0.05) is 24.3 Å². The highest BCUT2D eigenvalue weighted by molar-refractivity contribution is 5.97. The number of aromatic nitrogens is 4. The number of carbonyl (C=O) groups is 1. The number of fused-ring (bicyclic) bond motifs is 2. The molecule has 3 heterocycles. The minimum atomic E-state index is -4.49. The fourth-order valence-corrected chi connectivity index (χ4v) is 4.12. The number of methoxy groups -OCH3 is 1. The Morgan fingerprint density at radius 3 is 2.69 bits per heavy atom. The van der Waals surface area contributed by atoms with Gasteiger partial charge in [-0.3, -0.25) is 14.2 Å². The molecule has 0 spiro atoms. The molecule has 5 rings (SSSR count). The third-order valence-electron chi connectivity index (χ3n) is 6.03. The van der Waals surface area contributed by atoms with Gasteiger partial charge in [-0.25, -0.2) is 14.5 Å². The topological polar surface area (TPSA) is 121 Å². The van der Waals surface area contributed by atoms with Crippen LogP contribution < -0.4 is 21.2 Å². The molecular formula is C26H20F3N5O5. The molecule has 0 saturated heterocycles. The number of hydrogen-bond donors (Lipinski definition) is 1. The van der Waals surface area contributed by atoms with E-state index < -0.39 is 28.8 Å². The molecular weight excluding hydrogens is 519 g/mol. The number of benzene rings is 2. The van der Waals surface area contributed by atoms with Crippen LogP contribution in [-0.4, -0.2) is 38.9 Å². The zero-order valence-electron chi connectivity index (χ0n) is 20.4. The number of rotatable bonds is 7. The monoisotopic (exact) mass is 539 g/mol. The Morgan fingerprint density at radius 2 is 1.92 bits per heavy atom. The first kappa shape index (κ1) is 25.7. The van der Waals surface area contributed by atoms with Gasteiger partial charge in [0.05, 0.1) is 32.0 Å². The van der Waals surface area contributed by atoms with Crippen LogP contribution in [0, 0.1) is 0 Å². The molecule has 1 N–H and O–H groups in total. The second-order valence-corrected chi connectivity index (χ2v) is 8.56. The summed E-state index contributed by atoms with van der Waals surface area (Å²) in [7, 11) is 1.44. The lowest BCUT2D eigenvalue weighted by Gasteiger charge is -2.10. The van der Waals surface area contributed by atoms with E-state index in [1.807, 2.05) is 0 Å². The van der Waals surface area contributed by atoms with Crippen molar-refractivity contribution in [3.8, 4) is 5.75 Å². The van der Waals surface area contributed by atoms with Crippen LogP contribution in [0.4, 0.5) is 13.2 Å². The summed E-state index contributed by atoms with van der Waals surface area (Å²) in [6.07, 6.45) is -1.96. The number of alkyl halides is 3. The van der Waals surface area contributed by atoms with Gasteiger partial charge < -0.3 is 14.5 Å². The summed E-state index contributed by atoms with van der Waals surface area (Å²) in [4.78, 5) is 42.2. The Bertz CT molecular complexity index is 1820. The number of amides is 1. The largest absolute Gasteiger partial charge is 0.493 e. The molecule has 0 radical (unpaired) electrons. The molecule has 0 unspecified atom stereocenters. The molecule has 1 amide bonds. The van der Waals surface area contributed by atoms with E-state index in [4.69, 9.17) is 9.15 Å². The first-order valence-corrected chi connectivity index (χ1v) is 11.6. The first-order chi connectivity index (χ1) is 18.7. The van der Waals surface area contributed by atoms with Crippen LogP contribution >= 0.6 is 0 Å². The van der Waals surface area contributed by atoms with E-state index in [2.05, 4.69) is 15.4 Å². The predicted octanol–water partition coefficient (Wildman–Crippen LogP) is 3.21. The molecule has 0 saturated carbocycles. The van der Waals surface area contributed by atoms with E-state index in [1.165, 1.54) is 47.1 Å². The summed E-state index contributed by atoms with van der Waals surface area (Å²) < 4.78 is 52.1. The van der Waals surface area contributed by atoms with Gasteiger partial charge in [-0.05, 0) is 29.8 Å². The number of hydrogen-bond acceptors (Lipinski definition) is 7. The third kappa shape index (κ3) is 5.10. The normalized spacial score (nSPS) is 11.7. The zero-order valence-corrected chi connectivity index (χ0v) is 20.4. The molecule has 10 nitrogen and oxygen atoms in total. The van der Waals surface area contributed by atoms with Gasteiger partial charge in [-0.15, -0.1) is 0 Å². The summed E-state index contributed by atoms with van der Waals surface area (Å²) in [5.74, 6) is -0.287. The fourth-order valence-electron chi connectivity index (χ4n) is 4.12. The number of para-hydroxylation sites is 1. The molecule has 0 aliphatic rings. The summed E-state index contributed by atoms with van der Waals surface area (Å²) in [5.41, 5.74) is -1.52. The SMILES string of the molecule is COc1cccc2cc(C(=O)NCCn3ncc4c(=O)n(Cc5cccc(C(F)(F)F)c5)cnc43)c(=O)oc12. The van der Waals surface area contributed by atoms with Gasteiger partial charge in [0.1, 0.15) is 17.3 Å². The smallest absolute Gasteiger partial charge is 0.416 e. The summed E-state index contributed by atoms with van der Waals surface area (Å²) in [6, 6.07) is 11.1. The maximum absolute atomic E-state index is 13.0. The van der Waals surface area contributed by atoms with Gasteiger partial charge in [0.2, 0.25) is 0 Å². The Balaban J connectivity index is 1.29. The average Bonchev–Trinajstić information content (AvgIpc) is 3.33. The summed E-state index contributed by atoms with van der Waals surface area (Å²) in [5, 5.41) is 7.45. The van der Waals surface area contributed by atoms with Crippen LogP contribution in [0.1, 0.15) is 21.5 Å². The standard InChI is InChI=1S/C26H20F3N5O5/c1-38-20-7-3-5-16-11-18(25(37)39-21(16)20)23(35)30-8-9-34-22-19(12-32-34)24(36)33(14-31-22)13-15-4-2-6-17(10-15)26(27,28)29/h2-7,10-12,14H,8-9,13H2,1H3,(H,30,35). The van der Waals surface area contributed by atoms with Crippen molar-refractivity contribution in [2.24, 2.45) is 0 Å². The van der Waals surface area contributed by atoms with E-state index in [0.29, 0.717) is 16.7 Å². The highest BCUT2D eigenvalue weighted by atomic mass is 19.4. The molecule has 0 atom stereocenters. The molecule has 2 aromatic carbocycles. The second-order valence-electron chi connectivity index (χ2n) is 8.56. The van der Waals surface area contributed by atoms with E-state index in [-0.39, 0.29) is 41.8 Å². The van der Waals surface area contributed by atoms with E-state index in [1.54, 1.807) is 18.2 Å². The highest BCUT2D eigenvalue weighted by Crippen LogP contribution is 2.29. The molecule has 0 aliphatic heterocycles. The van der Waals surface area contributed by atoms with Gasteiger partial charge in [0, 0.05) is 11.9 Å². The Hall–Kier alpha value is -4.94. The van der Waals surface area contributed by atoms with Gasteiger partial charge >= 0.3 is 11.8 Å². The summed E-state index contributed by atoms with van der Waals surface area (Å²) >= 11 is 0. The number of nitrogens with one attached hydrogen (secondary N) is 1. The fraction of sp³-hybridized carbons (Fsp3) is 0.192. The first-order valence-electron chi connectivity index (χ1n) is 11.6. The second kappa shape index (κ2) is 10.1. The van der Waals surface area contributed by atoms with Crippen LogP contribution in [0.15, 0.2) is 75.1 Å². The van der Waals surface area contributed by atoms with Crippen molar-refractivity contribution >= 4 is 27.9 Å². The molecule has 0 fully saturated rings. The van der Waals surface area contributed by atoms with Crippen LogP contribution in [-0.2, 0) is 19.3 Å². The zero-order chi connectivity index (χ0) is 27.7. The van der Waals surface area contributed by atoms with E-state index in [9.17, 15) is 27.6 Å². The minimum absolute atomic E-state index is 0.0558. The van der Waals surface area contributed by atoms with Crippen molar-refractivity contribution in [2.75, 3.05) is 13.7 Å². The van der Waals surface area contributed by atoms with E-state index >= 15 is 0 Å². The van der Waals surface area contributed by atoms with Crippen LogP contribution in [0.25, 0.3) is 22.0 Å². The highest BCUT2D eigenvalue weighted by Gasteiger charge is 2.30. The third-order valence-corrected chi connectivity index (χ3v) is 6.03. The number of carbonyl (C=O) groups excluding carboxylic acids is 1. The van der Waals surface area contributed by atoms with Crippen LogP contribution in [0.3, 0.4) is 0 Å². The molecule has 39 heavy (non-hydrogen) atoms. The maximum Gasteiger partial charge on any atom is 0.416 e. The Labute approximate surface area is 217 Å². The number of ether oxygens (including phenoxy) is 1. The number of halogens is 3. The van der Waals surface area contributed by atoms with Crippen molar-refractivity contribution in [3.63, 3.8) is 0 Å². The predicted molar refractivity (Wildman–Crippen MR) is 134 cm³/mol. The molecule has 5 aromatic rings. The van der Waals surface area contributed by atoms with E-state index in [0.717, 1.165) is 12.1 Å². The molecule has 0 bridgehead atoms. The lowest BCUT2D eigenvalue weighted by molar-refractivity contribution is -0.137. The lowest BCUT2D eigenvalue weighted by Crippen LogP contribution is -2.31. The quantitative estimate of drug-likeness (QED) is 0.315. The van der Waals surface area contributed by atoms with Crippen molar-refractivity contribution in [1.82, 2.24) is 24.6 Å². The molecule has 200 valence electrons. The van der Waals surface area contributed by atoms with Crippen molar-refractivity contribution < 1.29 is 27.1 Å². The lowest BCUT2D eigenvalue weighted by atomic mass is 10.1.